The highest BCUT2D eigenvalue weighted by molar-refractivity contribution is 7.90. The molecule has 1 aliphatic rings. The number of hydrogen-bond donors (Lipinski definition) is 0. The lowest BCUT2D eigenvalue weighted by atomic mass is 10.1. The van der Waals surface area contributed by atoms with Crippen LogP contribution in [0.3, 0.4) is 0 Å². The Morgan fingerprint density at radius 2 is 1.91 bits per heavy atom. The van der Waals surface area contributed by atoms with Crippen molar-refractivity contribution in [2.75, 3.05) is 40.9 Å². The summed E-state index contributed by atoms with van der Waals surface area (Å²) in [5.74, 6) is -0.0678. The van der Waals surface area contributed by atoms with Crippen LogP contribution in [0.2, 0.25) is 5.02 Å². The van der Waals surface area contributed by atoms with Gasteiger partial charge in [0.05, 0.1) is 30.8 Å². The van der Waals surface area contributed by atoms with E-state index in [1.165, 1.54) is 0 Å². The number of halogens is 1. The maximum atomic E-state index is 13.3. The van der Waals surface area contributed by atoms with E-state index in [9.17, 15) is 13.2 Å². The number of sulfone groups is 1. The summed E-state index contributed by atoms with van der Waals surface area (Å²) in [6.07, 6.45) is 5.55. The third-order valence-electron chi connectivity index (χ3n) is 6.19. The van der Waals surface area contributed by atoms with Gasteiger partial charge >= 0.3 is 0 Å². The van der Waals surface area contributed by atoms with Crippen LogP contribution in [0.1, 0.15) is 36.9 Å². The number of aromatic nitrogens is 2. The number of carbonyl (C=O) groups excluding carboxylic acids is 1. The van der Waals surface area contributed by atoms with Crippen molar-refractivity contribution in [3.8, 4) is 0 Å². The minimum Gasteiger partial charge on any atom is -0.383 e. The molecule has 34 heavy (non-hydrogen) atoms. The van der Waals surface area contributed by atoms with E-state index in [0.29, 0.717) is 42.5 Å². The van der Waals surface area contributed by atoms with Crippen LogP contribution in [-0.4, -0.2) is 74.6 Å². The molecule has 8 nitrogen and oxygen atoms in total. The molecule has 0 spiro atoms. The average molecular weight is 511 g/mol. The molecule has 2 aromatic rings. The normalized spacial score (nSPS) is 14.7. The van der Waals surface area contributed by atoms with E-state index in [4.69, 9.17) is 16.3 Å². The summed E-state index contributed by atoms with van der Waals surface area (Å²) >= 11 is 6.21. The van der Waals surface area contributed by atoms with Crippen LogP contribution in [0.25, 0.3) is 0 Å². The maximum absolute atomic E-state index is 13.3. The standard InChI is InChI=1S/C24H35ClN4O4S/c1-27(2)12-13-28(23(30)19-8-4-5-9-19)17-21-16-26-24(29(21)14-15-33-3)34(31,32)18-20-10-6-7-11-22(20)25/h6-7,10-11,16,19H,4-5,8-9,12-15,17-18H2,1-3H3. The molecule has 0 unspecified atom stereocenters. The molecule has 0 atom stereocenters. The van der Waals surface area contributed by atoms with Crippen molar-refractivity contribution in [2.45, 2.75) is 49.7 Å². The molecule has 1 heterocycles. The van der Waals surface area contributed by atoms with Gasteiger partial charge in [-0.05, 0) is 38.6 Å². The molecule has 0 bridgehead atoms. The van der Waals surface area contributed by atoms with Crippen LogP contribution in [0.5, 0.6) is 0 Å². The zero-order valence-electron chi connectivity index (χ0n) is 20.2. The number of amides is 1. The number of nitrogens with zero attached hydrogens (tertiary/aromatic N) is 4. The number of methoxy groups -OCH3 is 1. The van der Waals surface area contributed by atoms with Crippen LogP contribution >= 0.6 is 11.6 Å². The number of imidazole rings is 1. The van der Waals surface area contributed by atoms with Gasteiger partial charge in [-0.15, -0.1) is 0 Å². The number of ether oxygens (including phenoxy) is 1. The molecule has 0 radical (unpaired) electrons. The van der Waals surface area contributed by atoms with Crippen molar-refractivity contribution >= 4 is 27.3 Å². The van der Waals surface area contributed by atoms with E-state index in [2.05, 4.69) is 4.98 Å². The van der Waals surface area contributed by atoms with Gasteiger partial charge in [0.25, 0.3) is 0 Å². The second-order valence-electron chi connectivity index (χ2n) is 9.07. The maximum Gasteiger partial charge on any atom is 0.228 e. The predicted octanol–water partition coefficient (Wildman–Crippen LogP) is 3.24. The minimum atomic E-state index is -3.77. The summed E-state index contributed by atoms with van der Waals surface area (Å²) in [7, 11) is 1.74. The summed E-state index contributed by atoms with van der Waals surface area (Å²) in [5, 5.41) is 0.374. The monoisotopic (exact) mass is 510 g/mol. The first-order valence-electron chi connectivity index (χ1n) is 11.7. The van der Waals surface area contributed by atoms with Gasteiger partial charge in [-0.1, -0.05) is 42.6 Å². The van der Waals surface area contributed by atoms with Gasteiger partial charge in [-0.25, -0.2) is 13.4 Å². The fourth-order valence-electron chi connectivity index (χ4n) is 4.29. The zero-order valence-corrected chi connectivity index (χ0v) is 21.8. The molecule has 10 heteroatoms. The van der Waals surface area contributed by atoms with Crippen LogP contribution < -0.4 is 0 Å². The largest absolute Gasteiger partial charge is 0.383 e. The van der Waals surface area contributed by atoms with Crippen LogP contribution in [-0.2, 0) is 38.2 Å². The lowest BCUT2D eigenvalue weighted by Crippen LogP contribution is -2.39. The SMILES string of the molecule is COCCn1c(CN(CCN(C)C)C(=O)C2CCCC2)cnc1S(=O)(=O)Cc1ccccc1Cl. The van der Waals surface area contributed by atoms with E-state index >= 15 is 0 Å². The number of rotatable bonds is 12. The van der Waals surface area contributed by atoms with Crippen molar-refractivity contribution in [2.24, 2.45) is 5.92 Å². The van der Waals surface area contributed by atoms with Crippen molar-refractivity contribution in [1.82, 2.24) is 19.4 Å². The van der Waals surface area contributed by atoms with Gasteiger partial charge < -0.3 is 19.1 Å². The third kappa shape index (κ3) is 6.81. The van der Waals surface area contributed by atoms with Gasteiger partial charge in [0, 0.05) is 37.7 Å². The number of carbonyl (C=O) groups is 1. The zero-order chi connectivity index (χ0) is 24.7. The fourth-order valence-corrected chi connectivity index (χ4v) is 6.12. The van der Waals surface area contributed by atoms with Crippen molar-refractivity contribution in [3.63, 3.8) is 0 Å². The van der Waals surface area contributed by atoms with Crippen molar-refractivity contribution in [3.05, 3.63) is 46.7 Å². The molecule has 0 N–H and O–H groups in total. The first kappa shape index (κ1) is 26.7. The van der Waals surface area contributed by atoms with Gasteiger partial charge in [0.1, 0.15) is 0 Å². The first-order valence-corrected chi connectivity index (χ1v) is 13.7. The lowest BCUT2D eigenvalue weighted by molar-refractivity contribution is -0.136. The van der Waals surface area contributed by atoms with Gasteiger partial charge in [0.15, 0.2) is 0 Å². The number of hydrogen-bond acceptors (Lipinski definition) is 6. The quantitative estimate of drug-likeness (QED) is 0.436. The predicted molar refractivity (Wildman–Crippen MR) is 132 cm³/mol. The van der Waals surface area contributed by atoms with Crippen molar-refractivity contribution < 1.29 is 17.9 Å². The second-order valence-corrected chi connectivity index (χ2v) is 11.4. The Kier molecular flexibility index (Phi) is 9.53. The molecule has 1 saturated carbocycles. The topological polar surface area (TPSA) is 84.7 Å². The molecule has 1 aliphatic carbocycles. The Balaban J connectivity index is 1.90. The van der Waals surface area contributed by atoms with Crippen LogP contribution in [0, 0.1) is 5.92 Å². The Labute approximate surface area is 207 Å². The lowest BCUT2D eigenvalue weighted by Gasteiger charge is -2.27. The molecule has 1 aromatic heterocycles. The van der Waals surface area contributed by atoms with Crippen LogP contribution in [0.15, 0.2) is 35.6 Å². The Bertz CT molecular complexity index is 1060. The Morgan fingerprint density at radius 3 is 2.56 bits per heavy atom. The fraction of sp³-hybridized carbons (Fsp3) is 0.583. The average Bonchev–Trinajstić information content (AvgIpc) is 3.46. The summed E-state index contributed by atoms with van der Waals surface area (Å²) < 4.78 is 33.6. The number of benzene rings is 1. The summed E-state index contributed by atoms with van der Waals surface area (Å²) in [4.78, 5) is 21.5. The summed E-state index contributed by atoms with van der Waals surface area (Å²) in [6.45, 7) is 2.25. The molecule has 1 aromatic carbocycles. The highest BCUT2D eigenvalue weighted by Crippen LogP contribution is 2.28. The molecular weight excluding hydrogens is 476 g/mol. The second kappa shape index (κ2) is 12.2. The Morgan fingerprint density at radius 1 is 1.21 bits per heavy atom. The molecular formula is C24H35ClN4O4S. The molecule has 1 amide bonds. The highest BCUT2D eigenvalue weighted by Gasteiger charge is 2.30. The van der Waals surface area contributed by atoms with E-state index in [1.54, 1.807) is 42.1 Å². The van der Waals surface area contributed by atoms with E-state index in [-0.39, 0.29) is 22.7 Å². The molecule has 3 rings (SSSR count). The third-order valence-corrected chi connectivity index (χ3v) is 8.13. The number of likely N-dealkylation sites (N-methyl/N-ethyl adjacent to an activating group) is 1. The summed E-state index contributed by atoms with van der Waals surface area (Å²) in [6, 6.07) is 6.90. The molecule has 0 saturated heterocycles. The minimum absolute atomic E-state index is 0.0275. The van der Waals surface area contributed by atoms with Crippen LogP contribution in [0.4, 0.5) is 0 Å². The van der Waals surface area contributed by atoms with Gasteiger partial charge in [-0.2, -0.15) is 0 Å². The first-order chi connectivity index (χ1) is 16.2. The van der Waals surface area contributed by atoms with Crippen molar-refractivity contribution in [1.29, 1.82) is 0 Å². The van der Waals surface area contributed by atoms with Gasteiger partial charge in [0.2, 0.25) is 20.9 Å². The summed E-state index contributed by atoms with van der Waals surface area (Å²) in [5.41, 5.74) is 1.20. The molecule has 0 aliphatic heterocycles. The van der Waals surface area contributed by atoms with E-state index in [0.717, 1.165) is 32.2 Å². The smallest absolute Gasteiger partial charge is 0.228 e. The van der Waals surface area contributed by atoms with E-state index < -0.39 is 9.84 Å². The molecule has 188 valence electrons. The Hall–Kier alpha value is -1.94. The highest BCUT2D eigenvalue weighted by atomic mass is 35.5. The van der Waals surface area contributed by atoms with Gasteiger partial charge in [-0.3, -0.25) is 4.79 Å². The molecule has 1 fully saturated rings. The van der Waals surface area contributed by atoms with E-state index in [1.807, 2.05) is 23.9 Å².